The predicted molar refractivity (Wildman–Crippen MR) is 121 cm³/mol. The Hall–Kier alpha value is -3.23. The third-order valence-electron chi connectivity index (χ3n) is 4.57. The smallest absolute Gasteiger partial charge is 0.261 e. The lowest BCUT2D eigenvalue weighted by atomic mass is 10.1. The lowest BCUT2D eigenvalue weighted by Crippen LogP contribution is -2.18. The average Bonchev–Trinajstić information content (AvgIpc) is 3.17. The van der Waals surface area contributed by atoms with Crippen LogP contribution in [0.4, 0.5) is 10.8 Å². The average molecular weight is 438 g/mol. The molecule has 152 valence electrons. The Balaban J connectivity index is 1.62. The molecule has 4 aromatic rings. The minimum Gasteiger partial charge on any atom is -0.298 e. The maximum Gasteiger partial charge on any atom is 0.261 e. The van der Waals surface area contributed by atoms with Crippen LogP contribution in [0.3, 0.4) is 0 Å². The summed E-state index contributed by atoms with van der Waals surface area (Å²) in [6.07, 6.45) is 0.846. The summed E-state index contributed by atoms with van der Waals surface area (Å²) in [5.41, 5.74) is 2.40. The SMILES string of the molecule is CCc1cccc2sc(NC(=O)c3ccccc3NS(=O)(=O)c3ccccc3)nc12. The monoisotopic (exact) mass is 437 g/mol. The lowest BCUT2D eigenvalue weighted by molar-refractivity contribution is 0.102. The van der Waals surface area contributed by atoms with Crippen molar-refractivity contribution >= 4 is 48.3 Å². The Morgan fingerprint density at radius 2 is 1.70 bits per heavy atom. The molecule has 2 N–H and O–H groups in total. The van der Waals surface area contributed by atoms with Gasteiger partial charge in [0, 0.05) is 0 Å². The van der Waals surface area contributed by atoms with Crippen LogP contribution in [0.25, 0.3) is 10.2 Å². The van der Waals surface area contributed by atoms with E-state index < -0.39 is 15.9 Å². The number of hydrogen-bond donors (Lipinski definition) is 2. The molecule has 0 atom stereocenters. The molecule has 0 fully saturated rings. The number of benzene rings is 3. The number of anilines is 2. The summed E-state index contributed by atoms with van der Waals surface area (Å²) in [5, 5.41) is 3.27. The fourth-order valence-electron chi connectivity index (χ4n) is 3.08. The first kappa shape index (κ1) is 20.1. The molecule has 0 saturated carbocycles. The molecule has 1 heterocycles. The number of carbonyl (C=O) groups excluding carboxylic acids is 1. The van der Waals surface area contributed by atoms with Gasteiger partial charge in [-0.3, -0.25) is 14.8 Å². The van der Waals surface area contributed by atoms with Crippen LogP contribution in [0.15, 0.2) is 77.7 Å². The van der Waals surface area contributed by atoms with Gasteiger partial charge in [0.25, 0.3) is 15.9 Å². The van der Waals surface area contributed by atoms with Crippen LogP contribution in [0.2, 0.25) is 0 Å². The minimum absolute atomic E-state index is 0.124. The van der Waals surface area contributed by atoms with E-state index >= 15 is 0 Å². The first-order chi connectivity index (χ1) is 14.5. The van der Waals surface area contributed by atoms with Gasteiger partial charge in [0.1, 0.15) is 0 Å². The van der Waals surface area contributed by atoms with Crippen molar-refractivity contribution in [3.05, 3.63) is 83.9 Å². The molecule has 3 aromatic carbocycles. The topological polar surface area (TPSA) is 88.2 Å². The van der Waals surface area contributed by atoms with E-state index in [0.717, 1.165) is 22.2 Å². The fraction of sp³-hybridized carbons (Fsp3) is 0.0909. The number of thiazole rings is 1. The Bertz CT molecular complexity index is 1320. The van der Waals surface area contributed by atoms with Crippen LogP contribution in [0, 0.1) is 0 Å². The molecule has 0 bridgehead atoms. The van der Waals surface area contributed by atoms with Crippen molar-refractivity contribution in [2.24, 2.45) is 0 Å². The Kier molecular flexibility index (Phi) is 5.52. The van der Waals surface area contributed by atoms with E-state index in [9.17, 15) is 13.2 Å². The highest BCUT2D eigenvalue weighted by Gasteiger charge is 2.19. The summed E-state index contributed by atoms with van der Waals surface area (Å²) in [6.45, 7) is 2.06. The van der Waals surface area contributed by atoms with E-state index in [1.807, 2.05) is 18.2 Å². The molecule has 0 aliphatic rings. The van der Waals surface area contributed by atoms with Gasteiger partial charge >= 0.3 is 0 Å². The first-order valence-electron chi connectivity index (χ1n) is 9.34. The Labute approximate surface area is 178 Å². The molecule has 0 saturated heterocycles. The van der Waals surface area contributed by atoms with E-state index in [4.69, 9.17) is 0 Å². The number of rotatable bonds is 6. The van der Waals surface area contributed by atoms with Gasteiger partial charge in [-0.15, -0.1) is 0 Å². The van der Waals surface area contributed by atoms with Gasteiger partial charge in [0.15, 0.2) is 5.13 Å². The van der Waals surface area contributed by atoms with E-state index in [2.05, 4.69) is 21.9 Å². The van der Waals surface area contributed by atoms with Gasteiger partial charge in [0.2, 0.25) is 0 Å². The molecule has 30 heavy (non-hydrogen) atoms. The van der Waals surface area contributed by atoms with Gasteiger partial charge in [-0.25, -0.2) is 13.4 Å². The highest BCUT2D eigenvalue weighted by molar-refractivity contribution is 7.92. The standard InChI is InChI=1S/C22H19N3O3S2/c1-2-15-9-8-14-19-20(15)23-22(29-19)24-21(26)17-12-6-7-13-18(17)25-30(27,28)16-10-4-3-5-11-16/h3-14,25H,2H2,1H3,(H,23,24,26). The predicted octanol–water partition coefficient (Wildman–Crippen LogP) is 4.91. The summed E-state index contributed by atoms with van der Waals surface area (Å²) in [7, 11) is -3.81. The van der Waals surface area contributed by atoms with Crippen molar-refractivity contribution in [2.45, 2.75) is 18.2 Å². The van der Waals surface area contributed by atoms with Crippen LogP contribution < -0.4 is 10.0 Å². The molecule has 0 radical (unpaired) electrons. The second-order valence-electron chi connectivity index (χ2n) is 6.55. The van der Waals surface area contributed by atoms with Crippen LogP contribution in [0.5, 0.6) is 0 Å². The fourth-order valence-corrected chi connectivity index (χ4v) is 5.09. The molecule has 4 rings (SSSR count). The number of aryl methyl sites for hydroxylation is 1. The summed E-state index contributed by atoms with van der Waals surface area (Å²) in [5.74, 6) is -0.432. The summed E-state index contributed by atoms with van der Waals surface area (Å²) < 4.78 is 28.8. The quantitative estimate of drug-likeness (QED) is 0.448. The van der Waals surface area contributed by atoms with E-state index in [1.165, 1.54) is 23.5 Å². The van der Waals surface area contributed by atoms with Crippen molar-refractivity contribution in [1.29, 1.82) is 0 Å². The highest BCUT2D eigenvalue weighted by atomic mass is 32.2. The molecule has 8 heteroatoms. The number of nitrogens with zero attached hydrogens (tertiary/aromatic N) is 1. The Morgan fingerprint density at radius 1 is 0.967 bits per heavy atom. The van der Waals surface area contributed by atoms with E-state index in [-0.39, 0.29) is 16.1 Å². The largest absolute Gasteiger partial charge is 0.298 e. The molecule has 0 spiro atoms. The van der Waals surface area contributed by atoms with Crippen molar-refractivity contribution in [2.75, 3.05) is 10.0 Å². The Morgan fingerprint density at radius 3 is 2.47 bits per heavy atom. The number of amides is 1. The highest BCUT2D eigenvalue weighted by Crippen LogP contribution is 2.29. The number of para-hydroxylation sites is 2. The van der Waals surface area contributed by atoms with Crippen LogP contribution in [-0.4, -0.2) is 19.3 Å². The van der Waals surface area contributed by atoms with E-state index in [0.29, 0.717) is 5.13 Å². The summed E-state index contributed by atoms with van der Waals surface area (Å²) >= 11 is 1.38. The van der Waals surface area contributed by atoms with Gasteiger partial charge in [-0.2, -0.15) is 0 Å². The number of aromatic nitrogens is 1. The zero-order valence-corrected chi connectivity index (χ0v) is 17.8. The molecular weight excluding hydrogens is 418 g/mol. The molecule has 1 amide bonds. The zero-order valence-electron chi connectivity index (χ0n) is 16.1. The normalized spacial score (nSPS) is 11.4. The van der Waals surface area contributed by atoms with Gasteiger partial charge in [-0.1, -0.05) is 60.7 Å². The van der Waals surface area contributed by atoms with Crippen LogP contribution in [0.1, 0.15) is 22.8 Å². The molecule has 0 aliphatic carbocycles. The summed E-state index contributed by atoms with van der Waals surface area (Å²) in [6, 6.07) is 20.5. The number of carbonyl (C=O) groups is 1. The maximum absolute atomic E-state index is 12.9. The third kappa shape index (κ3) is 4.05. The van der Waals surface area contributed by atoms with Crippen LogP contribution >= 0.6 is 11.3 Å². The van der Waals surface area contributed by atoms with Crippen molar-refractivity contribution in [1.82, 2.24) is 4.98 Å². The molecule has 0 aliphatic heterocycles. The van der Waals surface area contributed by atoms with E-state index in [1.54, 1.807) is 42.5 Å². The number of sulfonamides is 1. The first-order valence-corrected chi connectivity index (χ1v) is 11.6. The van der Waals surface area contributed by atoms with Crippen LogP contribution in [-0.2, 0) is 16.4 Å². The molecule has 6 nitrogen and oxygen atoms in total. The van der Waals surface area contributed by atoms with Gasteiger partial charge in [0.05, 0.1) is 26.4 Å². The zero-order chi connectivity index (χ0) is 21.1. The summed E-state index contributed by atoms with van der Waals surface area (Å²) in [4.78, 5) is 17.6. The lowest BCUT2D eigenvalue weighted by Gasteiger charge is -2.12. The second-order valence-corrected chi connectivity index (χ2v) is 9.27. The van der Waals surface area contributed by atoms with Crippen molar-refractivity contribution in [3.63, 3.8) is 0 Å². The van der Waals surface area contributed by atoms with Crippen molar-refractivity contribution in [3.8, 4) is 0 Å². The van der Waals surface area contributed by atoms with Gasteiger partial charge < -0.3 is 0 Å². The minimum atomic E-state index is -3.81. The molecular formula is C22H19N3O3S2. The number of nitrogens with one attached hydrogen (secondary N) is 2. The van der Waals surface area contributed by atoms with Crippen molar-refractivity contribution < 1.29 is 13.2 Å². The molecule has 0 unspecified atom stereocenters. The van der Waals surface area contributed by atoms with Gasteiger partial charge in [-0.05, 0) is 42.3 Å². The number of hydrogen-bond acceptors (Lipinski definition) is 5. The maximum atomic E-state index is 12.9. The third-order valence-corrected chi connectivity index (χ3v) is 6.89. The number of fused-ring (bicyclic) bond motifs is 1. The second kappa shape index (κ2) is 8.25. The molecule has 1 aromatic heterocycles.